The summed E-state index contributed by atoms with van der Waals surface area (Å²) in [5.74, 6) is -0.906. The topological polar surface area (TPSA) is 84.2 Å². The first kappa shape index (κ1) is 25.8. The van der Waals surface area contributed by atoms with Crippen LogP contribution in [0.4, 0.5) is 5.69 Å². The van der Waals surface area contributed by atoms with Crippen molar-refractivity contribution in [2.75, 3.05) is 11.1 Å². The van der Waals surface area contributed by atoms with Crippen molar-refractivity contribution in [2.24, 2.45) is 0 Å². The van der Waals surface area contributed by atoms with Crippen molar-refractivity contribution >= 4 is 52.5 Å². The predicted molar refractivity (Wildman–Crippen MR) is 146 cm³/mol. The van der Waals surface area contributed by atoms with E-state index in [1.54, 1.807) is 35.1 Å². The van der Waals surface area contributed by atoms with Crippen molar-refractivity contribution in [2.45, 2.75) is 25.3 Å². The third-order valence-corrected chi connectivity index (χ3v) is 7.24. The summed E-state index contributed by atoms with van der Waals surface area (Å²) < 4.78 is 1.75. The van der Waals surface area contributed by atoms with Gasteiger partial charge in [0.25, 0.3) is 0 Å². The lowest BCUT2D eigenvalue weighted by molar-refractivity contribution is -0.136. The first-order chi connectivity index (χ1) is 17.2. The molecule has 0 spiro atoms. The Morgan fingerprint density at radius 2 is 1.69 bits per heavy atom. The molecule has 0 aliphatic heterocycles. The van der Waals surface area contributed by atoms with Gasteiger partial charge in [-0.3, -0.25) is 9.59 Å². The van der Waals surface area contributed by atoms with Crippen molar-refractivity contribution in [3.05, 3.63) is 93.6 Å². The van der Waals surface area contributed by atoms with Gasteiger partial charge in [0, 0.05) is 5.56 Å². The highest BCUT2D eigenvalue weighted by atomic mass is 35.5. The number of amides is 1. The molecule has 0 saturated carbocycles. The second-order valence-corrected chi connectivity index (χ2v) is 10.1. The lowest BCUT2D eigenvalue weighted by Crippen LogP contribution is -2.15. The minimum Gasteiger partial charge on any atom is -0.481 e. The lowest BCUT2D eigenvalue weighted by Gasteiger charge is -2.12. The summed E-state index contributed by atoms with van der Waals surface area (Å²) in [5, 5.41) is 18.1. The van der Waals surface area contributed by atoms with Gasteiger partial charge in [0.2, 0.25) is 5.91 Å². The molecular formula is C27H23Cl2N3O3S. The third-order valence-electron chi connectivity index (χ3n) is 5.45. The molecule has 0 saturated heterocycles. The number of rotatable bonds is 8. The van der Waals surface area contributed by atoms with Crippen LogP contribution in [0.1, 0.15) is 16.7 Å². The van der Waals surface area contributed by atoms with E-state index in [0.29, 0.717) is 15.7 Å². The normalized spacial score (nSPS) is 10.9. The van der Waals surface area contributed by atoms with Crippen molar-refractivity contribution in [3.63, 3.8) is 0 Å². The second-order valence-electron chi connectivity index (χ2n) is 8.30. The van der Waals surface area contributed by atoms with E-state index in [9.17, 15) is 9.59 Å². The van der Waals surface area contributed by atoms with Crippen LogP contribution in [-0.4, -0.2) is 32.5 Å². The molecule has 0 radical (unpaired) electrons. The zero-order chi connectivity index (χ0) is 25.8. The summed E-state index contributed by atoms with van der Waals surface area (Å²) >= 11 is 14.3. The van der Waals surface area contributed by atoms with Crippen molar-refractivity contribution in [3.8, 4) is 16.8 Å². The molecule has 4 rings (SSSR count). The minimum atomic E-state index is -0.873. The smallest absolute Gasteiger partial charge is 0.307 e. The Bertz CT molecular complexity index is 1430. The molecule has 2 N–H and O–H groups in total. The molecule has 3 aromatic carbocycles. The van der Waals surface area contributed by atoms with E-state index in [2.05, 4.69) is 10.4 Å². The number of carbonyl (C=O) groups excluding carboxylic acids is 1. The average molecular weight is 540 g/mol. The maximum absolute atomic E-state index is 12.7. The highest BCUT2D eigenvalue weighted by Gasteiger charge is 2.15. The van der Waals surface area contributed by atoms with E-state index in [-0.39, 0.29) is 18.1 Å². The van der Waals surface area contributed by atoms with Gasteiger partial charge >= 0.3 is 5.97 Å². The number of aromatic nitrogens is 2. The number of nitrogens with zero attached hydrogens (tertiary/aromatic N) is 2. The molecule has 0 aliphatic carbocycles. The number of nitrogens with one attached hydrogen (secondary N) is 1. The van der Waals surface area contributed by atoms with E-state index in [0.717, 1.165) is 38.5 Å². The maximum atomic E-state index is 12.7. The SMILES string of the molecule is Cc1ccc(-n2ncc(C)c2SCC(=O)Nc2ccc(-c3ccc(CC(=O)O)cc3)cc2Cl)c(Cl)c1. The molecule has 1 heterocycles. The summed E-state index contributed by atoms with van der Waals surface area (Å²) in [6.07, 6.45) is 1.72. The molecule has 9 heteroatoms. The fraction of sp³-hybridized carbons (Fsp3) is 0.148. The van der Waals surface area contributed by atoms with Crippen LogP contribution >= 0.6 is 35.0 Å². The fourth-order valence-corrected chi connectivity index (χ4v) is 5.09. The third kappa shape index (κ3) is 6.10. The number of carboxylic acid groups (broad SMARTS) is 1. The summed E-state index contributed by atoms with van der Waals surface area (Å²) in [5.41, 5.74) is 5.76. The Kier molecular flexibility index (Phi) is 8.04. The van der Waals surface area contributed by atoms with Crippen LogP contribution in [0.2, 0.25) is 10.0 Å². The molecule has 0 atom stereocenters. The number of thioether (sulfide) groups is 1. The molecule has 4 aromatic rings. The molecule has 1 aromatic heterocycles. The Hall–Kier alpha value is -3.26. The Morgan fingerprint density at radius 1 is 0.972 bits per heavy atom. The summed E-state index contributed by atoms with van der Waals surface area (Å²) in [6.45, 7) is 3.91. The predicted octanol–water partition coefficient (Wildman–Crippen LogP) is 6.82. The minimum absolute atomic E-state index is 0.0254. The van der Waals surface area contributed by atoms with Gasteiger partial charge in [-0.15, -0.1) is 0 Å². The van der Waals surface area contributed by atoms with Gasteiger partial charge in [0.1, 0.15) is 5.03 Å². The van der Waals surface area contributed by atoms with Gasteiger partial charge in [0.15, 0.2) is 0 Å². The van der Waals surface area contributed by atoms with E-state index >= 15 is 0 Å². The zero-order valence-corrected chi connectivity index (χ0v) is 21.9. The number of anilines is 1. The van der Waals surface area contributed by atoms with Gasteiger partial charge in [-0.05, 0) is 60.4 Å². The van der Waals surface area contributed by atoms with Gasteiger partial charge < -0.3 is 10.4 Å². The van der Waals surface area contributed by atoms with E-state index in [4.69, 9.17) is 28.3 Å². The standard InChI is InChI=1S/C27H23Cl2N3O3S/c1-16-3-10-24(22(29)11-16)32-27(17(2)14-30-32)36-15-25(33)31-23-9-8-20(13-21(23)28)19-6-4-18(5-7-19)12-26(34)35/h3-11,13-14H,12,15H2,1-2H3,(H,31,33)(H,34,35). The molecular weight excluding hydrogens is 517 g/mol. The first-order valence-corrected chi connectivity index (χ1v) is 12.8. The number of halogens is 2. The molecule has 6 nitrogen and oxygen atoms in total. The molecule has 0 unspecified atom stereocenters. The highest BCUT2D eigenvalue weighted by Crippen LogP contribution is 2.31. The maximum Gasteiger partial charge on any atom is 0.307 e. The van der Waals surface area contributed by atoms with Crippen LogP contribution in [0.25, 0.3) is 16.8 Å². The first-order valence-electron chi connectivity index (χ1n) is 11.1. The molecule has 1 amide bonds. The Labute approximate surface area is 223 Å². The average Bonchev–Trinajstić information content (AvgIpc) is 3.19. The van der Waals surface area contributed by atoms with Gasteiger partial charge in [0.05, 0.1) is 39.8 Å². The van der Waals surface area contributed by atoms with Crippen LogP contribution in [0, 0.1) is 13.8 Å². The van der Waals surface area contributed by atoms with Crippen molar-refractivity contribution in [1.29, 1.82) is 0 Å². The van der Waals surface area contributed by atoms with Crippen molar-refractivity contribution < 1.29 is 14.7 Å². The fourth-order valence-electron chi connectivity index (χ4n) is 3.66. The van der Waals surface area contributed by atoms with Gasteiger partial charge in [-0.2, -0.15) is 5.10 Å². The van der Waals surface area contributed by atoms with Crippen LogP contribution in [0.15, 0.2) is 71.9 Å². The van der Waals surface area contributed by atoms with Crippen LogP contribution in [0.5, 0.6) is 0 Å². The molecule has 0 aliphatic rings. The molecule has 0 fully saturated rings. The van der Waals surface area contributed by atoms with Crippen LogP contribution < -0.4 is 5.32 Å². The lowest BCUT2D eigenvalue weighted by atomic mass is 10.0. The largest absolute Gasteiger partial charge is 0.481 e. The number of aliphatic carboxylic acids is 1. The van der Waals surface area contributed by atoms with Crippen molar-refractivity contribution in [1.82, 2.24) is 9.78 Å². The van der Waals surface area contributed by atoms with E-state index in [1.807, 2.05) is 50.2 Å². The number of hydrogen-bond acceptors (Lipinski definition) is 4. The molecule has 0 bridgehead atoms. The van der Waals surface area contributed by atoms with E-state index in [1.165, 1.54) is 11.8 Å². The summed E-state index contributed by atoms with van der Waals surface area (Å²) in [7, 11) is 0. The number of carboxylic acids is 1. The van der Waals surface area contributed by atoms with Gasteiger partial charge in [-0.1, -0.05) is 71.4 Å². The summed E-state index contributed by atoms with van der Waals surface area (Å²) in [4.78, 5) is 23.6. The number of hydrogen-bond donors (Lipinski definition) is 2. The quantitative estimate of drug-likeness (QED) is 0.240. The molecule has 184 valence electrons. The zero-order valence-electron chi connectivity index (χ0n) is 19.6. The van der Waals surface area contributed by atoms with Crippen LogP contribution in [-0.2, 0) is 16.0 Å². The Morgan fingerprint density at radius 3 is 2.36 bits per heavy atom. The monoisotopic (exact) mass is 539 g/mol. The second kappa shape index (κ2) is 11.2. The number of benzene rings is 3. The number of carbonyl (C=O) groups is 2. The number of aryl methyl sites for hydroxylation is 2. The van der Waals surface area contributed by atoms with Gasteiger partial charge in [-0.25, -0.2) is 4.68 Å². The summed E-state index contributed by atoms with van der Waals surface area (Å²) in [6, 6.07) is 18.4. The molecule has 36 heavy (non-hydrogen) atoms. The van der Waals surface area contributed by atoms with E-state index < -0.39 is 5.97 Å². The highest BCUT2D eigenvalue weighted by molar-refractivity contribution is 8.00. The Balaban J connectivity index is 1.42. The van der Waals surface area contributed by atoms with Crippen LogP contribution in [0.3, 0.4) is 0 Å².